The van der Waals surface area contributed by atoms with E-state index in [9.17, 15) is 4.79 Å². The van der Waals surface area contributed by atoms with Crippen LogP contribution in [0.2, 0.25) is 0 Å². The van der Waals surface area contributed by atoms with Gasteiger partial charge in [0.15, 0.2) is 5.96 Å². The van der Waals surface area contributed by atoms with Crippen molar-refractivity contribution in [2.45, 2.75) is 45.6 Å². The number of hydrogen-bond donors (Lipinski definition) is 2. The number of halogens is 1. The van der Waals surface area contributed by atoms with Gasteiger partial charge in [-0.3, -0.25) is 9.79 Å². The molecule has 112 valence electrons. The topological polar surface area (TPSA) is 56.7 Å². The minimum Gasteiger partial charge on any atom is -0.356 e. The molecule has 1 aliphatic heterocycles. The molecule has 0 aromatic carbocycles. The fourth-order valence-corrected chi connectivity index (χ4v) is 2.10. The zero-order chi connectivity index (χ0) is 13.4. The largest absolute Gasteiger partial charge is 0.356 e. The highest BCUT2D eigenvalue weighted by molar-refractivity contribution is 14.0. The smallest absolute Gasteiger partial charge is 0.222 e. The third-order valence-electron chi connectivity index (χ3n) is 3.23. The predicted octanol–water partition coefficient (Wildman–Crippen LogP) is 1.58. The molecule has 1 saturated heterocycles. The first kappa shape index (κ1) is 18.5. The number of nitrogens with one attached hydrogen (secondary N) is 2. The van der Waals surface area contributed by atoms with Gasteiger partial charge >= 0.3 is 0 Å². The molecule has 0 aliphatic carbocycles. The summed E-state index contributed by atoms with van der Waals surface area (Å²) >= 11 is 0. The van der Waals surface area contributed by atoms with Gasteiger partial charge in [-0.1, -0.05) is 20.3 Å². The molecule has 1 atom stereocenters. The average molecular weight is 382 g/mol. The van der Waals surface area contributed by atoms with Gasteiger partial charge < -0.3 is 15.5 Å². The highest BCUT2D eigenvalue weighted by atomic mass is 127. The molecule has 1 unspecified atom stereocenters. The minimum absolute atomic E-state index is 0. The van der Waals surface area contributed by atoms with Crippen molar-refractivity contribution in [3.05, 3.63) is 0 Å². The van der Waals surface area contributed by atoms with Crippen molar-refractivity contribution in [1.29, 1.82) is 0 Å². The van der Waals surface area contributed by atoms with Gasteiger partial charge in [-0.05, 0) is 12.8 Å². The number of nitrogens with zero attached hydrogens (tertiary/aromatic N) is 2. The van der Waals surface area contributed by atoms with Crippen LogP contribution in [0.3, 0.4) is 0 Å². The second kappa shape index (κ2) is 10.3. The Balaban J connectivity index is 0.00000324. The van der Waals surface area contributed by atoms with Crippen LogP contribution in [0.15, 0.2) is 4.99 Å². The van der Waals surface area contributed by atoms with Gasteiger partial charge in [0, 0.05) is 39.1 Å². The third kappa shape index (κ3) is 6.44. The highest BCUT2D eigenvalue weighted by Gasteiger charge is 2.25. The number of guanidine groups is 1. The molecule has 1 aliphatic rings. The Labute approximate surface area is 133 Å². The molecule has 5 nitrogen and oxygen atoms in total. The second-order valence-electron chi connectivity index (χ2n) is 4.68. The maximum absolute atomic E-state index is 11.6. The quantitative estimate of drug-likeness (QED) is 0.329. The summed E-state index contributed by atoms with van der Waals surface area (Å²) in [5, 5.41) is 6.67. The summed E-state index contributed by atoms with van der Waals surface area (Å²) in [5.41, 5.74) is 0. The number of rotatable bonds is 5. The van der Waals surface area contributed by atoms with Crippen molar-refractivity contribution in [3.8, 4) is 0 Å². The molecule has 0 spiro atoms. The molecule has 1 heterocycles. The summed E-state index contributed by atoms with van der Waals surface area (Å²) in [5.74, 6) is 1.09. The van der Waals surface area contributed by atoms with Gasteiger partial charge in [0.05, 0.1) is 0 Å². The lowest BCUT2D eigenvalue weighted by Gasteiger charge is -2.18. The van der Waals surface area contributed by atoms with Crippen LogP contribution in [-0.2, 0) is 4.79 Å². The van der Waals surface area contributed by atoms with Crippen LogP contribution in [0, 0.1) is 0 Å². The normalized spacial score (nSPS) is 19.0. The van der Waals surface area contributed by atoms with Crippen molar-refractivity contribution in [3.63, 3.8) is 0 Å². The van der Waals surface area contributed by atoms with E-state index in [-0.39, 0.29) is 29.9 Å². The molecule has 1 fully saturated rings. The maximum Gasteiger partial charge on any atom is 0.222 e. The molecule has 0 saturated carbocycles. The molecular weight excluding hydrogens is 355 g/mol. The van der Waals surface area contributed by atoms with E-state index in [1.807, 2.05) is 11.8 Å². The number of unbranched alkanes of at least 4 members (excludes halogenated alkanes) is 1. The van der Waals surface area contributed by atoms with E-state index in [0.717, 1.165) is 38.4 Å². The number of carbonyl (C=O) groups is 1. The van der Waals surface area contributed by atoms with Crippen molar-refractivity contribution in [2.24, 2.45) is 4.99 Å². The van der Waals surface area contributed by atoms with Crippen molar-refractivity contribution in [1.82, 2.24) is 15.5 Å². The first-order chi connectivity index (χ1) is 8.71. The number of aliphatic imine (C=N–C) groups is 1. The molecule has 6 heteroatoms. The van der Waals surface area contributed by atoms with Crippen LogP contribution in [-0.4, -0.2) is 49.5 Å². The maximum atomic E-state index is 11.6. The highest BCUT2D eigenvalue weighted by Crippen LogP contribution is 2.10. The minimum atomic E-state index is 0. The van der Waals surface area contributed by atoms with Crippen LogP contribution in [0.4, 0.5) is 0 Å². The van der Waals surface area contributed by atoms with Crippen LogP contribution >= 0.6 is 24.0 Å². The Morgan fingerprint density at radius 2 is 2.16 bits per heavy atom. The molecule has 19 heavy (non-hydrogen) atoms. The van der Waals surface area contributed by atoms with Crippen molar-refractivity contribution < 1.29 is 4.79 Å². The van der Waals surface area contributed by atoms with Crippen LogP contribution < -0.4 is 10.6 Å². The molecule has 2 N–H and O–H groups in total. The fraction of sp³-hybridized carbons (Fsp3) is 0.846. The Bertz CT molecular complexity index is 296. The first-order valence-corrected chi connectivity index (χ1v) is 6.96. The van der Waals surface area contributed by atoms with E-state index in [4.69, 9.17) is 0 Å². The van der Waals surface area contributed by atoms with E-state index in [0.29, 0.717) is 12.5 Å². The molecule has 0 aromatic heterocycles. The molecular formula is C13H27IN4O. The standard InChI is InChI=1S/C13H26N4O.HI/c1-4-6-8-15-13(14-3)16-11-7-9-17(10-11)12(18)5-2;/h11H,4-10H2,1-3H3,(H2,14,15,16);1H. The SMILES string of the molecule is CCCCNC(=NC)NC1CCN(C(=O)CC)C1.I. The molecule has 1 amide bonds. The number of likely N-dealkylation sites (tertiary alicyclic amines) is 1. The van der Waals surface area contributed by atoms with Gasteiger partial charge in [-0.15, -0.1) is 24.0 Å². The van der Waals surface area contributed by atoms with Gasteiger partial charge in [-0.25, -0.2) is 0 Å². The Morgan fingerprint density at radius 3 is 2.74 bits per heavy atom. The van der Waals surface area contributed by atoms with Crippen LogP contribution in [0.25, 0.3) is 0 Å². The zero-order valence-electron chi connectivity index (χ0n) is 12.2. The van der Waals surface area contributed by atoms with Gasteiger partial charge in [-0.2, -0.15) is 0 Å². The lowest BCUT2D eigenvalue weighted by atomic mass is 10.3. The summed E-state index contributed by atoms with van der Waals surface area (Å²) in [4.78, 5) is 17.7. The second-order valence-corrected chi connectivity index (χ2v) is 4.68. The Hall–Kier alpha value is -0.530. The lowest BCUT2D eigenvalue weighted by Crippen LogP contribution is -2.45. The predicted molar refractivity (Wildman–Crippen MR) is 90.1 cm³/mol. The molecule has 0 bridgehead atoms. The summed E-state index contributed by atoms with van der Waals surface area (Å²) in [6.07, 6.45) is 3.91. The van der Waals surface area contributed by atoms with E-state index in [1.54, 1.807) is 7.05 Å². The van der Waals surface area contributed by atoms with E-state index >= 15 is 0 Å². The summed E-state index contributed by atoms with van der Waals surface area (Å²) in [7, 11) is 1.78. The van der Waals surface area contributed by atoms with Crippen LogP contribution in [0.1, 0.15) is 39.5 Å². The summed E-state index contributed by atoms with van der Waals surface area (Å²) < 4.78 is 0. The monoisotopic (exact) mass is 382 g/mol. The number of carbonyl (C=O) groups excluding carboxylic acids is 1. The lowest BCUT2D eigenvalue weighted by molar-refractivity contribution is -0.129. The molecule has 0 aromatic rings. The Kier molecular flexibility index (Phi) is 9.99. The summed E-state index contributed by atoms with van der Waals surface area (Å²) in [6.45, 7) is 6.68. The third-order valence-corrected chi connectivity index (χ3v) is 3.23. The zero-order valence-corrected chi connectivity index (χ0v) is 14.6. The van der Waals surface area contributed by atoms with E-state index < -0.39 is 0 Å². The Morgan fingerprint density at radius 1 is 1.42 bits per heavy atom. The summed E-state index contributed by atoms with van der Waals surface area (Å²) in [6, 6.07) is 0.327. The van der Waals surface area contributed by atoms with Crippen molar-refractivity contribution >= 4 is 35.8 Å². The van der Waals surface area contributed by atoms with Crippen LogP contribution in [0.5, 0.6) is 0 Å². The molecule has 1 rings (SSSR count). The first-order valence-electron chi connectivity index (χ1n) is 6.96. The number of amides is 1. The van der Waals surface area contributed by atoms with Gasteiger partial charge in [0.2, 0.25) is 5.91 Å². The van der Waals surface area contributed by atoms with Gasteiger partial charge in [0.1, 0.15) is 0 Å². The fourth-order valence-electron chi connectivity index (χ4n) is 2.10. The van der Waals surface area contributed by atoms with E-state index in [1.165, 1.54) is 6.42 Å². The average Bonchev–Trinajstić information content (AvgIpc) is 2.85. The number of hydrogen-bond acceptors (Lipinski definition) is 2. The van der Waals surface area contributed by atoms with Gasteiger partial charge in [0.25, 0.3) is 0 Å². The molecule has 0 radical (unpaired) electrons. The van der Waals surface area contributed by atoms with E-state index in [2.05, 4.69) is 22.5 Å². The van der Waals surface area contributed by atoms with Crippen molar-refractivity contribution in [2.75, 3.05) is 26.7 Å².